The molecule has 0 saturated carbocycles. The normalized spacial score (nSPS) is 10.8. The van der Waals surface area contributed by atoms with Gasteiger partial charge in [-0.05, 0) is 29.3 Å². The van der Waals surface area contributed by atoms with Crippen molar-refractivity contribution in [2.75, 3.05) is 0 Å². The molecule has 3 rings (SSSR count). The van der Waals surface area contributed by atoms with Gasteiger partial charge in [-0.1, -0.05) is 41.9 Å². The number of nitrogens with two attached hydrogens (primary N) is 1. The molecule has 106 valence electrons. The highest BCUT2D eigenvalue weighted by Crippen LogP contribution is 2.24. The molecule has 1 heterocycles. The Bertz CT molecular complexity index is 752. The molecule has 0 radical (unpaired) electrons. The predicted molar refractivity (Wildman–Crippen MR) is 89.7 cm³/mol. The number of benzene rings is 2. The van der Waals surface area contributed by atoms with Crippen LogP contribution in [0.5, 0.6) is 0 Å². The Kier molecular flexibility index (Phi) is 4.34. The average Bonchev–Trinajstić information content (AvgIpc) is 2.96. The molecule has 0 atom stereocenters. The average molecular weight is 315 g/mol. The summed E-state index contributed by atoms with van der Waals surface area (Å²) in [5.74, 6) is 0. The van der Waals surface area contributed by atoms with E-state index in [1.54, 1.807) is 11.3 Å². The first kappa shape index (κ1) is 14.3. The summed E-state index contributed by atoms with van der Waals surface area (Å²) in [5.41, 5.74) is 10.1. The quantitative estimate of drug-likeness (QED) is 0.769. The number of thiazole rings is 1. The topological polar surface area (TPSA) is 38.9 Å². The van der Waals surface area contributed by atoms with Gasteiger partial charge in [0.15, 0.2) is 0 Å². The number of rotatable bonds is 4. The monoisotopic (exact) mass is 314 g/mol. The summed E-state index contributed by atoms with van der Waals surface area (Å²) < 4.78 is 0. The first-order valence-electron chi connectivity index (χ1n) is 6.73. The van der Waals surface area contributed by atoms with Crippen LogP contribution in [0.25, 0.3) is 11.3 Å². The summed E-state index contributed by atoms with van der Waals surface area (Å²) in [5, 5.41) is 3.94. The van der Waals surface area contributed by atoms with E-state index in [9.17, 15) is 0 Å². The van der Waals surface area contributed by atoms with Crippen LogP contribution in [0.4, 0.5) is 0 Å². The molecule has 1 aromatic heterocycles. The molecule has 0 spiro atoms. The molecule has 0 bridgehead atoms. The summed E-state index contributed by atoms with van der Waals surface area (Å²) >= 11 is 7.69. The van der Waals surface area contributed by atoms with E-state index in [1.807, 2.05) is 30.3 Å². The Labute approximate surface area is 133 Å². The van der Waals surface area contributed by atoms with Gasteiger partial charge in [-0.2, -0.15) is 0 Å². The van der Waals surface area contributed by atoms with Crippen LogP contribution in [0.15, 0.2) is 53.9 Å². The highest BCUT2D eigenvalue weighted by atomic mass is 35.5. The van der Waals surface area contributed by atoms with E-state index in [2.05, 4.69) is 23.6 Å². The minimum atomic E-state index is 0.549. The summed E-state index contributed by atoms with van der Waals surface area (Å²) in [6.07, 6.45) is 0.807. The van der Waals surface area contributed by atoms with Gasteiger partial charge in [0.25, 0.3) is 0 Å². The van der Waals surface area contributed by atoms with Gasteiger partial charge in [0.2, 0.25) is 0 Å². The molecule has 3 aromatic rings. The number of hydrogen-bond donors (Lipinski definition) is 1. The molecule has 0 unspecified atom stereocenters. The Morgan fingerprint density at radius 3 is 2.67 bits per heavy atom. The van der Waals surface area contributed by atoms with Crippen molar-refractivity contribution in [1.29, 1.82) is 0 Å². The zero-order valence-corrected chi connectivity index (χ0v) is 13.0. The largest absolute Gasteiger partial charge is 0.326 e. The van der Waals surface area contributed by atoms with Crippen molar-refractivity contribution in [1.82, 2.24) is 4.98 Å². The molecular formula is C17H15ClN2S. The first-order chi connectivity index (χ1) is 10.2. The lowest BCUT2D eigenvalue weighted by atomic mass is 10.1. The fraction of sp³-hybridized carbons (Fsp3) is 0.118. The molecule has 0 saturated heterocycles. The van der Waals surface area contributed by atoms with Crippen molar-refractivity contribution in [3.8, 4) is 11.3 Å². The van der Waals surface area contributed by atoms with Crippen LogP contribution in [0.2, 0.25) is 5.02 Å². The van der Waals surface area contributed by atoms with Gasteiger partial charge in [0.1, 0.15) is 0 Å². The number of nitrogens with zero attached hydrogens (tertiary/aromatic N) is 1. The minimum absolute atomic E-state index is 0.549. The second kappa shape index (κ2) is 6.39. The van der Waals surface area contributed by atoms with Gasteiger partial charge in [-0.3, -0.25) is 0 Å². The molecule has 21 heavy (non-hydrogen) atoms. The van der Waals surface area contributed by atoms with Gasteiger partial charge < -0.3 is 5.73 Å². The summed E-state index contributed by atoms with van der Waals surface area (Å²) in [7, 11) is 0. The van der Waals surface area contributed by atoms with Crippen LogP contribution in [0.3, 0.4) is 0 Å². The highest BCUT2D eigenvalue weighted by molar-refractivity contribution is 7.10. The van der Waals surface area contributed by atoms with Crippen molar-refractivity contribution in [2.24, 2.45) is 5.73 Å². The molecule has 0 aliphatic heterocycles. The number of hydrogen-bond acceptors (Lipinski definition) is 3. The fourth-order valence-corrected chi connectivity index (χ4v) is 3.25. The number of aromatic nitrogens is 1. The molecule has 0 amide bonds. The van der Waals surface area contributed by atoms with Crippen molar-refractivity contribution in [3.05, 3.63) is 75.1 Å². The van der Waals surface area contributed by atoms with E-state index in [0.717, 1.165) is 33.3 Å². The van der Waals surface area contributed by atoms with Gasteiger partial charge in [0.05, 0.1) is 10.7 Å². The molecular weight excluding hydrogens is 300 g/mol. The SMILES string of the molecule is NCc1cccc(-c2csc(Cc3cccc(Cl)c3)n2)c1. The molecule has 4 heteroatoms. The molecule has 0 fully saturated rings. The van der Waals surface area contributed by atoms with Crippen molar-refractivity contribution < 1.29 is 0 Å². The van der Waals surface area contributed by atoms with Crippen LogP contribution in [-0.4, -0.2) is 4.98 Å². The zero-order chi connectivity index (χ0) is 14.7. The lowest BCUT2D eigenvalue weighted by molar-refractivity contribution is 1.07. The van der Waals surface area contributed by atoms with Gasteiger partial charge >= 0.3 is 0 Å². The minimum Gasteiger partial charge on any atom is -0.326 e. The Morgan fingerprint density at radius 1 is 1.05 bits per heavy atom. The highest BCUT2D eigenvalue weighted by Gasteiger charge is 2.06. The second-order valence-electron chi connectivity index (χ2n) is 4.84. The third-order valence-electron chi connectivity index (χ3n) is 3.25. The Balaban J connectivity index is 1.82. The lowest BCUT2D eigenvalue weighted by Crippen LogP contribution is -1.95. The summed E-state index contributed by atoms with van der Waals surface area (Å²) in [6, 6.07) is 16.1. The van der Waals surface area contributed by atoms with Crippen molar-refractivity contribution >= 4 is 22.9 Å². The molecule has 2 aromatic carbocycles. The van der Waals surface area contributed by atoms with E-state index < -0.39 is 0 Å². The molecule has 0 aliphatic carbocycles. The maximum atomic E-state index is 6.02. The van der Waals surface area contributed by atoms with E-state index in [1.165, 1.54) is 5.56 Å². The summed E-state index contributed by atoms with van der Waals surface area (Å²) in [6.45, 7) is 0.549. The lowest BCUT2D eigenvalue weighted by Gasteiger charge is -2.01. The van der Waals surface area contributed by atoms with E-state index in [-0.39, 0.29) is 0 Å². The van der Waals surface area contributed by atoms with E-state index >= 15 is 0 Å². The third kappa shape index (κ3) is 3.50. The van der Waals surface area contributed by atoms with Crippen LogP contribution < -0.4 is 5.73 Å². The van der Waals surface area contributed by atoms with Crippen LogP contribution >= 0.6 is 22.9 Å². The standard InChI is InChI=1S/C17H15ClN2S/c18-15-6-2-3-12(8-15)9-17-20-16(11-21-17)14-5-1-4-13(7-14)10-19/h1-8,11H,9-10,19H2. The predicted octanol–water partition coefficient (Wildman–Crippen LogP) is 4.51. The van der Waals surface area contributed by atoms with E-state index in [0.29, 0.717) is 6.54 Å². The third-order valence-corrected chi connectivity index (χ3v) is 4.34. The van der Waals surface area contributed by atoms with Crippen molar-refractivity contribution in [2.45, 2.75) is 13.0 Å². The first-order valence-corrected chi connectivity index (χ1v) is 7.98. The van der Waals surface area contributed by atoms with Gasteiger partial charge in [-0.25, -0.2) is 4.98 Å². The summed E-state index contributed by atoms with van der Waals surface area (Å²) in [4.78, 5) is 4.72. The molecule has 0 aliphatic rings. The van der Waals surface area contributed by atoms with Crippen molar-refractivity contribution in [3.63, 3.8) is 0 Å². The maximum Gasteiger partial charge on any atom is 0.0976 e. The van der Waals surface area contributed by atoms with E-state index in [4.69, 9.17) is 22.3 Å². The molecule has 2 N–H and O–H groups in total. The van der Waals surface area contributed by atoms with Crippen LogP contribution in [-0.2, 0) is 13.0 Å². The zero-order valence-electron chi connectivity index (χ0n) is 11.4. The fourth-order valence-electron chi connectivity index (χ4n) is 2.20. The smallest absolute Gasteiger partial charge is 0.0976 e. The van der Waals surface area contributed by atoms with Crippen LogP contribution in [0.1, 0.15) is 16.1 Å². The van der Waals surface area contributed by atoms with Crippen LogP contribution in [0, 0.1) is 0 Å². The second-order valence-corrected chi connectivity index (χ2v) is 6.22. The maximum absolute atomic E-state index is 6.02. The van der Waals surface area contributed by atoms with Gasteiger partial charge in [-0.15, -0.1) is 11.3 Å². The Morgan fingerprint density at radius 2 is 1.86 bits per heavy atom. The number of halogens is 1. The molecule has 2 nitrogen and oxygen atoms in total. The van der Waals surface area contributed by atoms with Gasteiger partial charge in [0, 0.05) is 28.9 Å². The Hall–Kier alpha value is -1.68.